The van der Waals surface area contributed by atoms with Gasteiger partial charge in [0.15, 0.2) is 0 Å². The van der Waals surface area contributed by atoms with E-state index in [1.54, 1.807) is 0 Å². The molecule has 0 aliphatic carbocycles. The Morgan fingerprint density at radius 2 is 2.17 bits per heavy atom. The quantitative estimate of drug-likeness (QED) is 0.358. The lowest BCUT2D eigenvalue weighted by Crippen LogP contribution is -2.16. The van der Waals surface area contributed by atoms with E-state index >= 15 is 0 Å². The van der Waals surface area contributed by atoms with E-state index in [9.17, 15) is 4.79 Å². The predicted molar refractivity (Wildman–Crippen MR) is 46.9 cm³/mol. The minimum atomic E-state index is -0.311. The zero-order valence-corrected chi connectivity index (χ0v) is 7.87. The van der Waals surface area contributed by atoms with E-state index < -0.39 is 0 Å². The van der Waals surface area contributed by atoms with Crippen LogP contribution in [0.3, 0.4) is 0 Å². The highest BCUT2D eigenvalue weighted by atomic mass is 16.6. The molecule has 0 atom stereocenters. The van der Waals surface area contributed by atoms with Crippen molar-refractivity contribution in [3.05, 3.63) is 12.2 Å². The van der Waals surface area contributed by atoms with Crippen molar-refractivity contribution in [2.75, 3.05) is 13.2 Å². The van der Waals surface area contributed by atoms with Crippen molar-refractivity contribution in [3.8, 4) is 0 Å². The van der Waals surface area contributed by atoms with Crippen LogP contribution in [0.4, 0.5) is 0 Å². The van der Waals surface area contributed by atoms with Gasteiger partial charge in [-0.2, -0.15) is 0 Å². The van der Waals surface area contributed by atoms with Gasteiger partial charge in [-0.25, -0.2) is 4.79 Å². The molecule has 0 rings (SSSR count). The Kier molecular flexibility index (Phi) is 6.38. The second-order valence-electron chi connectivity index (χ2n) is 2.62. The summed E-state index contributed by atoms with van der Waals surface area (Å²) in [7, 11) is 0. The van der Waals surface area contributed by atoms with Gasteiger partial charge in [0.2, 0.25) is 0 Å². The molecule has 0 unspecified atom stereocenters. The number of carbonyl (C=O) groups is 1. The summed E-state index contributed by atoms with van der Waals surface area (Å²) in [6, 6.07) is 0. The van der Waals surface area contributed by atoms with Crippen molar-refractivity contribution in [1.29, 1.82) is 0 Å². The van der Waals surface area contributed by atoms with E-state index in [1.165, 1.54) is 0 Å². The Morgan fingerprint density at radius 1 is 1.50 bits per heavy atom. The molecule has 3 heteroatoms. The average Bonchev–Trinajstić information content (AvgIpc) is 1.97. The van der Waals surface area contributed by atoms with Crippen LogP contribution in [0, 0.1) is 0 Å². The molecule has 0 aliphatic rings. The highest BCUT2D eigenvalue weighted by molar-refractivity contribution is 5.70. The van der Waals surface area contributed by atoms with E-state index in [-0.39, 0.29) is 18.7 Å². The highest BCUT2D eigenvalue weighted by Crippen LogP contribution is 1.89. The summed E-state index contributed by atoms with van der Waals surface area (Å²) in [6.07, 6.45) is 3.64. The minimum Gasteiger partial charge on any atom is -0.461 e. The van der Waals surface area contributed by atoms with Gasteiger partial charge in [-0.05, 0) is 20.8 Å². The fourth-order valence-corrected chi connectivity index (χ4v) is 0.603. The van der Waals surface area contributed by atoms with E-state index in [1.807, 2.05) is 32.9 Å². The summed E-state index contributed by atoms with van der Waals surface area (Å²) in [5.41, 5.74) is 0. The molecule has 0 aromatic heterocycles. The van der Waals surface area contributed by atoms with Crippen LogP contribution in [0.1, 0.15) is 20.8 Å². The van der Waals surface area contributed by atoms with Gasteiger partial charge in [-0.3, -0.25) is 0 Å². The van der Waals surface area contributed by atoms with Crippen LogP contribution in [-0.2, 0) is 14.3 Å². The normalized spacial score (nSPS) is 11.0. The number of ether oxygens (including phenoxy) is 2. The summed E-state index contributed by atoms with van der Waals surface area (Å²) in [5, 5.41) is 0. The van der Waals surface area contributed by atoms with E-state index in [0.717, 1.165) is 0 Å². The standard InChI is InChI=1S/C9H16O3/c1-4-5-6-11-7-9(10)12-8(2)3/h4-5,8H,6-7H2,1-3H3. The average molecular weight is 172 g/mol. The lowest BCUT2D eigenvalue weighted by Gasteiger charge is -2.06. The molecule has 12 heavy (non-hydrogen) atoms. The van der Waals surface area contributed by atoms with Gasteiger partial charge < -0.3 is 9.47 Å². The van der Waals surface area contributed by atoms with E-state index in [4.69, 9.17) is 9.47 Å². The van der Waals surface area contributed by atoms with Crippen LogP contribution < -0.4 is 0 Å². The van der Waals surface area contributed by atoms with Crippen molar-refractivity contribution >= 4 is 5.97 Å². The molecule has 0 aromatic carbocycles. The molecular weight excluding hydrogens is 156 g/mol. The third-order valence-electron chi connectivity index (χ3n) is 1.04. The van der Waals surface area contributed by atoms with Gasteiger partial charge in [0.25, 0.3) is 0 Å². The SMILES string of the molecule is CC=CCOCC(=O)OC(C)C. The first-order valence-corrected chi connectivity index (χ1v) is 4.05. The van der Waals surface area contributed by atoms with Gasteiger partial charge in [0.05, 0.1) is 12.7 Å². The summed E-state index contributed by atoms with van der Waals surface area (Å²) < 4.78 is 9.82. The lowest BCUT2D eigenvalue weighted by atomic mass is 10.5. The number of rotatable bonds is 5. The first kappa shape index (κ1) is 11.2. The predicted octanol–water partition coefficient (Wildman–Crippen LogP) is 1.53. The fraction of sp³-hybridized carbons (Fsp3) is 0.667. The zero-order chi connectivity index (χ0) is 9.40. The maximum absolute atomic E-state index is 10.8. The van der Waals surface area contributed by atoms with Gasteiger partial charge in [-0.1, -0.05) is 12.2 Å². The molecule has 3 nitrogen and oxygen atoms in total. The Morgan fingerprint density at radius 3 is 2.67 bits per heavy atom. The zero-order valence-electron chi connectivity index (χ0n) is 7.87. The van der Waals surface area contributed by atoms with Crippen LogP contribution in [0.2, 0.25) is 0 Å². The Bertz CT molecular complexity index is 150. The molecular formula is C9H16O3. The third kappa shape index (κ3) is 7.28. The van der Waals surface area contributed by atoms with Crippen molar-refractivity contribution < 1.29 is 14.3 Å². The Labute approximate surface area is 73.4 Å². The molecule has 70 valence electrons. The van der Waals surface area contributed by atoms with Crippen molar-refractivity contribution in [1.82, 2.24) is 0 Å². The number of allylic oxidation sites excluding steroid dienone is 1. The molecule has 0 radical (unpaired) electrons. The summed E-state index contributed by atoms with van der Waals surface area (Å²) in [6.45, 7) is 6.01. The summed E-state index contributed by atoms with van der Waals surface area (Å²) in [4.78, 5) is 10.8. The molecule has 0 bridgehead atoms. The maximum Gasteiger partial charge on any atom is 0.332 e. The smallest absolute Gasteiger partial charge is 0.332 e. The van der Waals surface area contributed by atoms with Crippen molar-refractivity contribution in [2.45, 2.75) is 26.9 Å². The molecule has 0 aromatic rings. The molecule has 0 heterocycles. The van der Waals surface area contributed by atoms with Crippen molar-refractivity contribution in [3.63, 3.8) is 0 Å². The monoisotopic (exact) mass is 172 g/mol. The van der Waals surface area contributed by atoms with E-state index in [2.05, 4.69) is 0 Å². The van der Waals surface area contributed by atoms with Crippen LogP contribution >= 0.6 is 0 Å². The number of esters is 1. The van der Waals surface area contributed by atoms with Crippen LogP contribution in [0.15, 0.2) is 12.2 Å². The number of hydrogen-bond donors (Lipinski definition) is 0. The van der Waals surface area contributed by atoms with Crippen LogP contribution in [0.25, 0.3) is 0 Å². The Hall–Kier alpha value is -0.830. The molecule has 0 aliphatic heterocycles. The van der Waals surface area contributed by atoms with Crippen molar-refractivity contribution in [2.24, 2.45) is 0 Å². The van der Waals surface area contributed by atoms with Gasteiger partial charge >= 0.3 is 5.97 Å². The molecule has 0 saturated carbocycles. The Balaban J connectivity index is 3.32. The molecule has 0 amide bonds. The largest absolute Gasteiger partial charge is 0.461 e. The lowest BCUT2D eigenvalue weighted by molar-refractivity contribution is -0.152. The van der Waals surface area contributed by atoms with Crippen LogP contribution in [0.5, 0.6) is 0 Å². The first-order chi connectivity index (χ1) is 5.66. The second-order valence-corrected chi connectivity index (χ2v) is 2.62. The maximum atomic E-state index is 10.8. The van der Waals surface area contributed by atoms with Crippen LogP contribution in [-0.4, -0.2) is 25.3 Å². The minimum absolute atomic E-state index is 0.0303. The van der Waals surface area contributed by atoms with Gasteiger partial charge in [-0.15, -0.1) is 0 Å². The number of carbonyl (C=O) groups excluding carboxylic acids is 1. The molecule has 0 saturated heterocycles. The first-order valence-electron chi connectivity index (χ1n) is 4.05. The van der Waals surface area contributed by atoms with E-state index in [0.29, 0.717) is 6.61 Å². The second kappa shape index (κ2) is 6.85. The topological polar surface area (TPSA) is 35.5 Å². The summed E-state index contributed by atoms with van der Waals surface area (Å²) >= 11 is 0. The summed E-state index contributed by atoms with van der Waals surface area (Å²) in [5.74, 6) is -0.311. The van der Waals surface area contributed by atoms with Gasteiger partial charge in [0, 0.05) is 0 Å². The molecule has 0 fully saturated rings. The number of hydrogen-bond acceptors (Lipinski definition) is 3. The van der Waals surface area contributed by atoms with Gasteiger partial charge in [0.1, 0.15) is 6.61 Å². The third-order valence-corrected chi connectivity index (χ3v) is 1.04. The fourth-order valence-electron chi connectivity index (χ4n) is 0.603. The highest BCUT2D eigenvalue weighted by Gasteiger charge is 2.03. The molecule has 0 spiro atoms. The molecule has 0 N–H and O–H groups in total.